The number of rotatable bonds is 5. The number of anilines is 1. The maximum Gasteiger partial charge on any atom is 0.310 e. The Morgan fingerprint density at radius 2 is 1.83 bits per heavy atom. The van der Waals surface area contributed by atoms with Gasteiger partial charge >= 0.3 is 5.97 Å². The summed E-state index contributed by atoms with van der Waals surface area (Å²) in [6.07, 6.45) is 3.80. The number of fused-ring (bicyclic) bond motifs is 2. The van der Waals surface area contributed by atoms with Crippen LogP contribution < -0.4 is 4.90 Å². The topological polar surface area (TPSA) is 105 Å². The quantitative estimate of drug-likeness (QED) is 0.384. The summed E-state index contributed by atoms with van der Waals surface area (Å²) >= 11 is 0. The molecule has 4 aliphatic rings. The Hall–Kier alpha value is -2.23. The van der Waals surface area contributed by atoms with Crippen molar-refractivity contribution in [3.05, 3.63) is 34.4 Å². The average molecular weight is 488 g/mol. The van der Waals surface area contributed by atoms with E-state index in [0.29, 0.717) is 19.4 Å². The monoisotopic (exact) mass is 487 g/mol. The smallest absolute Gasteiger partial charge is 0.310 e. The minimum absolute atomic E-state index is 0.0131. The van der Waals surface area contributed by atoms with Gasteiger partial charge in [-0.2, -0.15) is 0 Å². The zero-order chi connectivity index (χ0) is 25.0. The standard InChI is InChI=1S/C26H37N3O6/c1-24-9-4-10-25(2,34-3)26(24,31)15-20-21(23(30)35-22(20)16-24)17-27-11-13-28(14-12-27)18-5-7-19(8-6-18)29(32)33/h5-8,20-22,31H,4,9-17H2,1-3H3/t20-,21-,22-,24-,25-,26+/m1/s1. The Bertz CT molecular complexity index is 980. The highest BCUT2D eigenvalue weighted by atomic mass is 16.6. The van der Waals surface area contributed by atoms with E-state index in [1.807, 2.05) is 6.92 Å². The predicted molar refractivity (Wildman–Crippen MR) is 130 cm³/mol. The second-order valence-corrected chi connectivity index (χ2v) is 11.4. The van der Waals surface area contributed by atoms with Gasteiger partial charge in [-0.15, -0.1) is 0 Å². The van der Waals surface area contributed by atoms with Crippen molar-refractivity contribution in [1.82, 2.24) is 4.90 Å². The first-order valence-corrected chi connectivity index (χ1v) is 12.8. The van der Waals surface area contributed by atoms with Crippen molar-refractivity contribution in [2.75, 3.05) is 44.7 Å². The van der Waals surface area contributed by atoms with E-state index in [4.69, 9.17) is 9.47 Å². The molecule has 6 atom stereocenters. The summed E-state index contributed by atoms with van der Waals surface area (Å²) in [5.74, 6) is -0.397. The Morgan fingerprint density at radius 3 is 2.46 bits per heavy atom. The molecule has 2 saturated carbocycles. The van der Waals surface area contributed by atoms with Crippen LogP contribution in [0.3, 0.4) is 0 Å². The normalized spacial score (nSPS) is 39.6. The Labute approximate surface area is 206 Å². The molecule has 2 heterocycles. The minimum atomic E-state index is -0.991. The van der Waals surface area contributed by atoms with Crippen LogP contribution in [0.1, 0.15) is 46.0 Å². The van der Waals surface area contributed by atoms with Crippen molar-refractivity contribution in [2.24, 2.45) is 17.3 Å². The molecule has 0 radical (unpaired) electrons. The summed E-state index contributed by atoms with van der Waals surface area (Å²) in [4.78, 5) is 28.1. The molecule has 9 heteroatoms. The molecular weight excluding hydrogens is 450 g/mol. The molecular formula is C26H37N3O6. The molecule has 2 aliphatic carbocycles. The number of nitrogens with zero attached hydrogens (tertiary/aromatic N) is 3. The van der Waals surface area contributed by atoms with Gasteiger partial charge in [-0.3, -0.25) is 19.8 Å². The van der Waals surface area contributed by atoms with Gasteiger partial charge in [0, 0.05) is 69.0 Å². The van der Waals surface area contributed by atoms with Crippen LogP contribution in [0, 0.1) is 27.4 Å². The van der Waals surface area contributed by atoms with Gasteiger partial charge < -0.3 is 19.5 Å². The van der Waals surface area contributed by atoms with Crippen molar-refractivity contribution in [3.63, 3.8) is 0 Å². The second-order valence-electron chi connectivity index (χ2n) is 11.4. The van der Waals surface area contributed by atoms with E-state index < -0.39 is 11.2 Å². The summed E-state index contributed by atoms with van der Waals surface area (Å²) in [5, 5.41) is 23.0. The Morgan fingerprint density at radius 1 is 1.14 bits per heavy atom. The van der Waals surface area contributed by atoms with E-state index in [1.165, 1.54) is 12.1 Å². The predicted octanol–water partition coefficient (Wildman–Crippen LogP) is 2.99. The second kappa shape index (κ2) is 8.71. The number of nitro benzene ring substituents is 1. The lowest BCUT2D eigenvalue weighted by Gasteiger charge is -2.62. The molecule has 9 nitrogen and oxygen atoms in total. The van der Waals surface area contributed by atoms with Crippen molar-refractivity contribution < 1.29 is 24.3 Å². The fourth-order valence-corrected chi connectivity index (χ4v) is 7.34. The highest BCUT2D eigenvalue weighted by Crippen LogP contribution is 2.61. The van der Waals surface area contributed by atoms with E-state index in [2.05, 4.69) is 16.7 Å². The summed E-state index contributed by atoms with van der Waals surface area (Å²) in [7, 11) is 1.69. The number of methoxy groups -OCH3 is 1. The lowest BCUT2D eigenvalue weighted by molar-refractivity contribution is -0.384. The van der Waals surface area contributed by atoms with E-state index >= 15 is 0 Å². The molecule has 0 unspecified atom stereocenters. The maximum atomic E-state index is 13.0. The van der Waals surface area contributed by atoms with Gasteiger partial charge in [0.15, 0.2) is 0 Å². The molecule has 4 fully saturated rings. The Balaban J connectivity index is 1.25. The third-order valence-corrected chi connectivity index (χ3v) is 9.71. The molecule has 0 aromatic heterocycles. The number of carbonyl (C=O) groups excluding carboxylic acids is 1. The molecule has 0 spiro atoms. The number of nitro groups is 1. The molecule has 1 aromatic carbocycles. The largest absolute Gasteiger partial charge is 0.462 e. The number of aliphatic hydroxyl groups is 1. The fraction of sp³-hybridized carbons (Fsp3) is 0.731. The molecule has 35 heavy (non-hydrogen) atoms. The number of hydrogen-bond donors (Lipinski definition) is 1. The lowest BCUT2D eigenvalue weighted by Crippen LogP contribution is -2.69. The van der Waals surface area contributed by atoms with Crippen molar-refractivity contribution in [1.29, 1.82) is 0 Å². The van der Waals surface area contributed by atoms with Crippen molar-refractivity contribution in [2.45, 2.75) is 63.3 Å². The van der Waals surface area contributed by atoms with Gasteiger partial charge in [-0.25, -0.2) is 0 Å². The molecule has 2 saturated heterocycles. The minimum Gasteiger partial charge on any atom is -0.462 e. The third-order valence-electron chi connectivity index (χ3n) is 9.71. The SMILES string of the molecule is CO[C@]1(C)CCC[C@]2(C)C[C@H]3OC(=O)[C@H](CN4CCN(c5ccc([N+](=O)[O-])cc5)CC4)[C@H]3C[C@]21O. The highest BCUT2D eigenvalue weighted by Gasteiger charge is 2.67. The Kier molecular flexibility index (Phi) is 6.09. The first kappa shape index (κ1) is 24.5. The van der Waals surface area contributed by atoms with E-state index in [-0.39, 0.29) is 39.9 Å². The number of hydrogen-bond acceptors (Lipinski definition) is 8. The van der Waals surface area contributed by atoms with Gasteiger partial charge in [-0.05, 0) is 51.2 Å². The van der Waals surface area contributed by atoms with E-state index in [1.54, 1.807) is 19.2 Å². The highest BCUT2D eigenvalue weighted by molar-refractivity contribution is 5.75. The maximum absolute atomic E-state index is 13.0. The summed E-state index contributed by atoms with van der Waals surface area (Å²) in [6, 6.07) is 6.67. The lowest BCUT2D eigenvalue weighted by atomic mass is 9.49. The summed E-state index contributed by atoms with van der Waals surface area (Å²) in [6.45, 7) is 7.97. The van der Waals surface area contributed by atoms with Crippen LogP contribution in [0.15, 0.2) is 24.3 Å². The van der Waals surface area contributed by atoms with E-state index in [0.717, 1.165) is 51.1 Å². The number of benzene rings is 1. The number of ether oxygens (including phenoxy) is 2. The molecule has 1 aromatic rings. The number of piperazine rings is 1. The van der Waals surface area contributed by atoms with Crippen LogP contribution in [0.4, 0.5) is 11.4 Å². The number of carbonyl (C=O) groups is 1. The zero-order valence-electron chi connectivity index (χ0n) is 20.9. The van der Waals surface area contributed by atoms with Gasteiger partial charge in [0.25, 0.3) is 5.69 Å². The number of non-ortho nitro benzene ring substituents is 1. The molecule has 0 amide bonds. The van der Waals surface area contributed by atoms with Crippen molar-refractivity contribution >= 4 is 17.3 Å². The van der Waals surface area contributed by atoms with Crippen LogP contribution in [-0.4, -0.2) is 78.0 Å². The van der Waals surface area contributed by atoms with Gasteiger partial charge in [0.05, 0.1) is 22.0 Å². The molecule has 2 aliphatic heterocycles. The van der Waals surface area contributed by atoms with Crippen LogP contribution >= 0.6 is 0 Å². The fourth-order valence-electron chi connectivity index (χ4n) is 7.34. The van der Waals surface area contributed by atoms with Crippen LogP contribution in [0.5, 0.6) is 0 Å². The first-order valence-electron chi connectivity index (χ1n) is 12.8. The molecule has 192 valence electrons. The van der Waals surface area contributed by atoms with Gasteiger partial charge in [0.1, 0.15) is 6.10 Å². The zero-order valence-corrected chi connectivity index (χ0v) is 20.9. The van der Waals surface area contributed by atoms with E-state index in [9.17, 15) is 20.0 Å². The van der Waals surface area contributed by atoms with Gasteiger partial charge in [-0.1, -0.05) is 6.92 Å². The molecule has 1 N–H and O–H groups in total. The molecule has 5 rings (SSSR count). The van der Waals surface area contributed by atoms with Gasteiger partial charge in [0.2, 0.25) is 0 Å². The first-order chi connectivity index (χ1) is 16.6. The summed E-state index contributed by atoms with van der Waals surface area (Å²) in [5.41, 5.74) is -0.884. The van der Waals surface area contributed by atoms with Crippen LogP contribution in [-0.2, 0) is 14.3 Å². The van der Waals surface area contributed by atoms with Crippen LogP contribution in [0.25, 0.3) is 0 Å². The van der Waals surface area contributed by atoms with Crippen LogP contribution in [0.2, 0.25) is 0 Å². The third kappa shape index (κ3) is 3.92. The summed E-state index contributed by atoms with van der Waals surface area (Å²) < 4.78 is 11.8. The number of esters is 1. The van der Waals surface area contributed by atoms with Crippen molar-refractivity contribution in [3.8, 4) is 0 Å². The molecule has 0 bridgehead atoms. The average Bonchev–Trinajstić information content (AvgIpc) is 3.12.